The molecule has 1 aliphatic heterocycles. The van der Waals surface area contributed by atoms with Gasteiger partial charge in [-0.05, 0) is 36.2 Å². The minimum Gasteiger partial charge on any atom is -0.325 e. The van der Waals surface area contributed by atoms with Crippen molar-refractivity contribution in [2.75, 3.05) is 11.4 Å². The topological polar surface area (TPSA) is 29.0 Å². The van der Waals surface area contributed by atoms with Crippen molar-refractivity contribution in [2.24, 2.45) is 0 Å². The Morgan fingerprint density at radius 2 is 1.95 bits per heavy atom. The Hall–Kier alpha value is -2.13. The third kappa shape index (κ3) is 1.74. The Kier molecular flexibility index (Phi) is 2.60. The zero-order chi connectivity index (χ0) is 13.5. The lowest BCUT2D eigenvalue weighted by molar-refractivity contribution is 0.975. The highest BCUT2D eigenvalue weighted by atomic mass is 35.5. The van der Waals surface area contributed by atoms with Crippen LogP contribution in [0.1, 0.15) is 5.56 Å². The van der Waals surface area contributed by atoms with Crippen LogP contribution in [-0.4, -0.2) is 16.5 Å². The Bertz CT molecular complexity index is 795. The molecule has 0 saturated carbocycles. The molecule has 1 aromatic heterocycles. The quantitative estimate of drug-likeness (QED) is 0.676. The van der Waals surface area contributed by atoms with E-state index in [4.69, 9.17) is 11.6 Å². The molecule has 3 aromatic rings. The average molecular weight is 282 g/mol. The second-order valence-corrected chi connectivity index (χ2v) is 5.33. The number of hydrogen-bond donors (Lipinski definition) is 0. The van der Waals surface area contributed by atoms with Crippen LogP contribution in [0.5, 0.6) is 0 Å². The van der Waals surface area contributed by atoms with E-state index < -0.39 is 0 Å². The molecule has 3 nitrogen and oxygen atoms in total. The highest BCUT2D eigenvalue weighted by Gasteiger charge is 2.23. The second-order valence-electron chi connectivity index (χ2n) is 4.89. The molecule has 2 heterocycles. The number of nitrogens with zero attached hydrogens (tertiary/aromatic N) is 3. The van der Waals surface area contributed by atoms with Gasteiger partial charge >= 0.3 is 0 Å². The zero-order valence-electron chi connectivity index (χ0n) is 10.8. The van der Waals surface area contributed by atoms with Gasteiger partial charge in [0.2, 0.25) is 0 Å². The molecule has 20 heavy (non-hydrogen) atoms. The lowest BCUT2D eigenvalue weighted by Gasteiger charge is -2.19. The van der Waals surface area contributed by atoms with Crippen LogP contribution in [0.4, 0.5) is 11.5 Å². The molecule has 0 atom stereocenters. The molecule has 0 bridgehead atoms. The fourth-order valence-electron chi connectivity index (χ4n) is 2.78. The van der Waals surface area contributed by atoms with E-state index in [1.54, 1.807) is 6.33 Å². The summed E-state index contributed by atoms with van der Waals surface area (Å²) < 4.78 is 0. The number of para-hydroxylation sites is 1. The van der Waals surface area contributed by atoms with Gasteiger partial charge in [-0.2, -0.15) is 0 Å². The maximum Gasteiger partial charge on any atom is 0.144 e. The Morgan fingerprint density at radius 3 is 2.90 bits per heavy atom. The average Bonchev–Trinajstić information content (AvgIpc) is 2.89. The van der Waals surface area contributed by atoms with E-state index in [0.717, 1.165) is 40.4 Å². The van der Waals surface area contributed by atoms with Gasteiger partial charge in [-0.3, -0.25) is 0 Å². The van der Waals surface area contributed by atoms with Crippen molar-refractivity contribution in [2.45, 2.75) is 6.42 Å². The van der Waals surface area contributed by atoms with Gasteiger partial charge in [0.15, 0.2) is 0 Å². The summed E-state index contributed by atoms with van der Waals surface area (Å²) in [5.74, 6) is 0.955. The smallest absolute Gasteiger partial charge is 0.144 e. The number of rotatable bonds is 1. The molecule has 0 unspecified atom stereocenters. The highest BCUT2D eigenvalue weighted by molar-refractivity contribution is 6.31. The van der Waals surface area contributed by atoms with Crippen LogP contribution < -0.4 is 4.90 Å². The molecule has 0 radical (unpaired) electrons. The summed E-state index contributed by atoms with van der Waals surface area (Å²) in [6, 6.07) is 14.1. The summed E-state index contributed by atoms with van der Waals surface area (Å²) in [5.41, 5.74) is 3.44. The van der Waals surface area contributed by atoms with E-state index in [9.17, 15) is 0 Å². The van der Waals surface area contributed by atoms with E-state index >= 15 is 0 Å². The van der Waals surface area contributed by atoms with Gasteiger partial charge < -0.3 is 4.90 Å². The largest absolute Gasteiger partial charge is 0.325 e. The van der Waals surface area contributed by atoms with Crippen LogP contribution in [-0.2, 0) is 6.42 Å². The molecular weight excluding hydrogens is 270 g/mol. The van der Waals surface area contributed by atoms with Crippen molar-refractivity contribution >= 4 is 34.0 Å². The summed E-state index contributed by atoms with van der Waals surface area (Å²) in [4.78, 5) is 11.0. The van der Waals surface area contributed by atoms with Crippen molar-refractivity contribution in [3.8, 4) is 0 Å². The van der Waals surface area contributed by atoms with Crippen molar-refractivity contribution in [1.29, 1.82) is 0 Å². The van der Waals surface area contributed by atoms with Crippen molar-refractivity contribution in [3.63, 3.8) is 0 Å². The predicted octanol–water partition coefficient (Wildman–Crippen LogP) is 3.98. The first-order valence-electron chi connectivity index (χ1n) is 6.58. The Balaban J connectivity index is 1.92. The normalized spacial score (nSPS) is 13.8. The SMILES string of the molecule is Clc1ccc2c(c1)N(c1ncnc3ccccc13)CC2. The summed E-state index contributed by atoms with van der Waals surface area (Å²) in [6.07, 6.45) is 2.64. The molecule has 1 aliphatic rings. The van der Waals surface area contributed by atoms with E-state index in [-0.39, 0.29) is 0 Å². The van der Waals surface area contributed by atoms with Crippen LogP contribution in [0.15, 0.2) is 48.8 Å². The number of hydrogen-bond acceptors (Lipinski definition) is 3. The van der Waals surface area contributed by atoms with Crippen LogP contribution in [0.3, 0.4) is 0 Å². The van der Waals surface area contributed by atoms with E-state index in [0.29, 0.717) is 0 Å². The maximum absolute atomic E-state index is 6.13. The van der Waals surface area contributed by atoms with Gasteiger partial charge in [-0.25, -0.2) is 9.97 Å². The van der Waals surface area contributed by atoms with Gasteiger partial charge in [0.05, 0.1) is 5.52 Å². The summed E-state index contributed by atoms with van der Waals surface area (Å²) in [5, 5.41) is 1.83. The number of benzene rings is 2. The van der Waals surface area contributed by atoms with Crippen molar-refractivity contribution in [1.82, 2.24) is 9.97 Å². The molecular formula is C16H12ClN3. The van der Waals surface area contributed by atoms with E-state index in [1.807, 2.05) is 30.3 Å². The van der Waals surface area contributed by atoms with Crippen LogP contribution >= 0.6 is 11.6 Å². The van der Waals surface area contributed by atoms with Crippen molar-refractivity contribution in [3.05, 3.63) is 59.4 Å². The van der Waals surface area contributed by atoms with Crippen LogP contribution in [0, 0.1) is 0 Å². The predicted molar refractivity (Wildman–Crippen MR) is 81.7 cm³/mol. The number of anilines is 2. The van der Waals surface area contributed by atoms with Crippen molar-refractivity contribution < 1.29 is 0 Å². The fourth-order valence-corrected chi connectivity index (χ4v) is 2.94. The minimum atomic E-state index is 0.758. The number of fused-ring (bicyclic) bond motifs is 2. The molecule has 98 valence electrons. The fraction of sp³-hybridized carbons (Fsp3) is 0.125. The molecule has 4 rings (SSSR count). The molecule has 0 N–H and O–H groups in total. The summed E-state index contributed by atoms with van der Waals surface area (Å²) in [7, 11) is 0. The Labute approximate surface area is 121 Å². The Morgan fingerprint density at radius 1 is 1.05 bits per heavy atom. The van der Waals surface area contributed by atoms with Gasteiger partial charge in [-0.15, -0.1) is 0 Å². The molecule has 0 aliphatic carbocycles. The lowest BCUT2D eigenvalue weighted by Crippen LogP contribution is -2.15. The molecule has 0 fully saturated rings. The first-order chi connectivity index (χ1) is 9.83. The van der Waals surface area contributed by atoms with Crippen LogP contribution in [0.25, 0.3) is 10.9 Å². The standard InChI is InChI=1S/C16H12ClN3/c17-12-6-5-11-7-8-20(15(11)9-12)16-13-3-1-2-4-14(13)18-10-19-16/h1-6,9-10H,7-8H2. The van der Waals surface area contributed by atoms with E-state index in [2.05, 4.69) is 27.0 Å². The molecule has 2 aromatic carbocycles. The first-order valence-corrected chi connectivity index (χ1v) is 6.96. The highest BCUT2D eigenvalue weighted by Crippen LogP contribution is 2.37. The maximum atomic E-state index is 6.13. The summed E-state index contributed by atoms with van der Waals surface area (Å²) in [6.45, 7) is 0.927. The minimum absolute atomic E-state index is 0.758. The van der Waals surface area contributed by atoms with Gasteiger partial charge in [0.1, 0.15) is 12.1 Å². The van der Waals surface area contributed by atoms with Gasteiger partial charge in [-0.1, -0.05) is 29.8 Å². The monoisotopic (exact) mass is 281 g/mol. The van der Waals surface area contributed by atoms with Crippen LogP contribution in [0.2, 0.25) is 5.02 Å². The molecule has 0 spiro atoms. The van der Waals surface area contributed by atoms with E-state index in [1.165, 1.54) is 5.56 Å². The molecule has 4 heteroatoms. The second kappa shape index (κ2) is 4.46. The first kappa shape index (κ1) is 11.7. The number of aromatic nitrogens is 2. The van der Waals surface area contributed by atoms with Gasteiger partial charge in [0.25, 0.3) is 0 Å². The number of halogens is 1. The summed E-state index contributed by atoms with van der Waals surface area (Å²) >= 11 is 6.13. The molecule has 0 saturated heterocycles. The third-order valence-corrected chi connectivity index (χ3v) is 3.96. The molecule has 0 amide bonds. The lowest BCUT2D eigenvalue weighted by atomic mass is 10.2. The van der Waals surface area contributed by atoms with Gasteiger partial charge in [0, 0.05) is 22.6 Å². The third-order valence-electron chi connectivity index (χ3n) is 3.72. The zero-order valence-corrected chi connectivity index (χ0v) is 11.5.